The van der Waals surface area contributed by atoms with Crippen LogP contribution >= 0.6 is 0 Å². The number of hydrogen-bond donors (Lipinski definition) is 1. The molecule has 35 heavy (non-hydrogen) atoms. The minimum Gasteiger partial charge on any atom is -0.369 e. The summed E-state index contributed by atoms with van der Waals surface area (Å²) in [6, 6.07) is 11.7. The van der Waals surface area contributed by atoms with Gasteiger partial charge in [0.1, 0.15) is 29.7 Å². The lowest BCUT2D eigenvalue weighted by atomic mass is 10.0. The van der Waals surface area contributed by atoms with Crippen molar-refractivity contribution in [1.82, 2.24) is 20.1 Å². The van der Waals surface area contributed by atoms with Crippen molar-refractivity contribution in [2.45, 2.75) is 48.8 Å². The summed E-state index contributed by atoms with van der Waals surface area (Å²) in [5.74, 6) is -1.12. The first-order chi connectivity index (χ1) is 16.9. The topological polar surface area (TPSA) is 80.1 Å². The van der Waals surface area contributed by atoms with E-state index in [4.69, 9.17) is 0 Å². The van der Waals surface area contributed by atoms with Gasteiger partial charge in [0.15, 0.2) is 9.84 Å². The molecule has 7 nitrogen and oxygen atoms in total. The van der Waals surface area contributed by atoms with E-state index in [2.05, 4.69) is 15.5 Å². The van der Waals surface area contributed by atoms with Crippen molar-refractivity contribution in [3.8, 4) is 0 Å². The lowest BCUT2D eigenvalue weighted by Crippen LogP contribution is -2.39. The summed E-state index contributed by atoms with van der Waals surface area (Å²) in [5.41, 5.74) is 1.02. The van der Waals surface area contributed by atoms with Crippen molar-refractivity contribution in [2.75, 3.05) is 24.5 Å². The minimum absolute atomic E-state index is 0.0698. The quantitative estimate of drug-likeness (QED) is 0.573. The van der Waals surface area contributed by atoms with E-state index in [-0.39, 0.29) is 23.7 Å². The summed E-state index contributed by atoms with van der Waals surface area (Å²) in [7, 11) is -3.66. The van der Waals surface area contributed by atoms with Gasteiger partial charge in [-0.25, -0.2) is 17.2 Å². The van der Waals surface area contributed by atoms with Crippen molar-refractivity contribution >= 4 is 15.5 Å². The third-order valence-electron chi connectivity index (χ3n) is 7.16. The second-order valence-corrected chi connectivity index (χ2v) is 11.6. The molecule has 3 heterocycles. The van der Waals surface area contributed by atoms with Crippen LogP contribution in [0.4, 0.5) is 14.5 Å². The maximum Gasteiger partial charge on any atom is 0.173 e. The van der Waals surface area contributed by atoms with Crippen molar-refractivity contribution < 1.29 is 17.2 Å². The number of aromatic nitrogens is 3. The second kappa shape index (κ2) is 10.0. The summed E-state index contributed by atoms with van der Waals surface area (Å²) >= 11 is 0. The van der Waals surface area contributed by atoms with Crippen LogP contribution in [0.2, 0.25) is 0 Å². The molecule has 0 aliphatic carbocycles. The average Bonchev–Trinajstić information content (AvgIpc) is 3.36. The number of sulfone groups is 1. The largest absolute Gasteiger partial charge is 0.369 e. The molecule has 0 bridgehead atoms. The maximum absolute atomic E-state index is 15.2. The van der Waals surface area contributed by atoms with E-state index in [0.29, 0.717) is 32.5 Å². The minimum atomic E-state index is -3.66. The number of hydrogen-bond acceptors (Lipinski definition) is 6. The van der Waals surface area contributed by atoms with Crippen LogP contribution in [0.1, 0.15) is 48.1 Å². The van der Waals surface area contributed by atoms with Crippen LogP contribution in [0.15, 0.2) is 55.1 Å². The number of rotatable bonds is 5. The first kappa shape index (κ1) is 23.9. The first-order valence-electron chi connectivity index (χ1n) is 12.0. The Morgan fingerprint density at radius 1 is 0.971 bits per heavy atom. The fourth-order valence-corrected chi connectivity index (χ4v) is 7.41. The lowest BCUT2D eigenvalue weighted by molar-refractivity contribution is 0.392. The molecule has 0 amide bonds. The zero-order valence-electron chi connectivity index (χ0n) is 19.4. The maximum atomic E-state index is 15.2. The van der Waals surface area contributed by atoms with Gasteiger partial charge in [0.05, 0.1) is 10.9 Å². The van der Waals surface area contributed by atoms with Crippen LogP contribution in [0.3, 0.4) is 0 Å². The summed E-state index contributed by atoms with van der Waals surface area (Å²) in [6.07, 6.45) is 5.95. The average molecular weight is 502 g/mol. The monoisotopic (exact) mass is 501 g/mol. The van der Waals surface area contributed by atoms with Gasteiger partial charge in [-0.1, -0.05) is 30.3 Å². The van der Waals surface area contributed by atoms with Crippen molar-refractivity contribution in [1.29, 1.82) is 0 Å². The van der Waals surface area contributed by atoms with E-state index in [9.17, 15) is 8.42 Å². The van der Waals surface area contributed by atoms with E-state index in [1.165, 1.54) is 6.07 Å². The third-order valence-corrected chi connectivity index (χ3v) is 9.59. The summed E-state index contributed by atoms with van der Waals surface area (Å²) < 4.78 is 59.2. The van der Waals surface area contributed by atoms with Crippen LogP contribution in [0.5, 0.6) is 0 Å². The number of nitrogens with one attached hydrogen (secondary N) is 1. The van der Waals surface area contributed by atoms with Gasteiger partial charge in [-0.15, -0.1) is 10.2 Å². The van der Waals surface area contributed by atoms with E-state index in [1.807, 2.05) is 39.8 Å². The predicted molar refractivity (Wildman–Crippen MR) is 130 cm³/mol. The summed E-state index contributed by atoms with van der Waals surface area (Å²) in [6.45, 7) is 1.67. The molecule has 0 radical (unpaired) electrons. The Labute approximate surface area is 204 Å². The van der Waals surface area contributed by atoms with Gasteiger partial charge in [0.25, 0.3) is 0 Å². The molecule has 2 aliphatic heterocycles. The molecule has 186 valence electrons. The second-order valence-electron chi connectivity index (χ2n) is 9.30. The van der Waals surface area contributed by atoms with E-state index < -0.39 is 32.1 Å². The molecule has 0 spiro atoms. The molecule has 2 fully saturated rings. The Morgan fingerprint density at radius 2 is 1.69 bits per heavy atom. The molecule has 1 N–H and O–H groups in total. The molecule has 2 atom stereocenters. The molecule has 0 saturated carbocycles. The number of halogens is 2. The molecule has 5 rings (SSSR count). The molecule has 2 aliphatic rings. The predicted octanol–water partition coefficient (Wildman–Crippen LogP) is 3.81. The molecule has 3 aromatic rings. The van der Waals surface area contributed by atoms with E-state index in [1.54, 1.807) is 12.7 Å². The van der Waals surface area contributed by atoms with Gasteiger partial charge in [-0.3, -0.25) is 0 Å². The highest BCUT2D eigenvalue weighted by Crippen LogP contribution is 2.34. The number of piperidine rings is 1. The fourth-order valence-electron chi connectivity index (χ4n) is 5.22. The zero-order valence-corrected chi connectivity index (χ0v) is 20.2. The van der Waals surface area contributed by atoms with Crippen molar-refractivity contribution in [3.05, 3.63) is 77.9 Å². The Morgan fingerprint density at radius 3 is 2.40 bits per heavy atom. The Balaban J connectivity index is 1.33. The Bertz CT molecular complexity index is 1250. The first-order valence-corrected chi connectivity index (χ1v) is 13.6. The molecule has 2 saturated heterocycles. The lowest BCUT2D eigenvalue weighted by Gasteiger charge is -2.34. The number of nitrogens with zero attached hydrogens (tertiary/aromatic N) is 4. The Kier molecular flexibility index (Phi) is 6.84. The van der Waals surface area contributed by atoms with Crippen LogP contribution in [-0.4, -0.2) is 48.2 Å². The highest BCUT2D eigenvalue weighted by atomic mass is 32.2. The fraction of sp³-hybridized carbons (Fsp3) is 0.440. The molecule has 1 aromatic heterocycles. The van der Waals surface area contributed by atoms with Gasteiger partial charge < -0.3 is 14.8 Å². The van der Waals surface area contributed by atoms with Gasteiger partial charge in [0.2, 0.25) is 0 Å². The van der Waals surface area contributed by atoms with Gasteiger partial charge in [-0.2, -0.15) is 0 Å². The molecule has 2 aromatic carbocycles. The molecule has 1 unspecified atom stereocenters. The van der Waals surface area contributed by atoms with E-state index in [0.717, 1.165) is 24.5 Å². The van der Waals surface area contributed by atoms with Crippen LogP contribution in [0, 0.1) is 11.6 Å². The highest BCUT2D eigenvalue weighted by molar-refractivity contribution is 7.92. The highest BCUT2D eigenvalue weighted by Gasteiger charge is 2.37. The van der Waals surface area contributed by atoms with E-state index >= 15 is 8.78 Å². The smallest absolute Gasteiger partial charge is 0.173 e. The van der Waals surface area contributed by atoms with Gasteiger partial charge in [-0.05, 0) is 49.4 Å². The standard InChI is InChI=1S/C25H29F2N5O2S/c26-21-15-23(31-11-8-20(9-12-31)32-16-29-30-17-32)22(27)13-19(21)14-25-28-10-4-7-24(35(25,33)34)18-5-2-1-3-6-18/h1-3,5-6,13,15-17,20,24-25,28H,4,7-12,14H2/t24-,25?/m0/s1. The molecular formula is C25H29F2N5O2S. The number of anilines is 1. The molecule has 10 heteroatoms. The SMILES string of the molecule is O=S1(=O)C(Cc2cc(F)c(N3CCC(n4cnnc4)CC3)cc2F)NCCC[C@H]1c1ccccc1. The van der Waals surface area contributed by atoms with Crippen molar-refractivity contribution in [2.24, 2.45) is 0 Å². The zero-order chi connectivity index (χ0) is 24.4. The van der Waals surface area contributed by atoms with Gasteiger partial charge in [0, 0.05) is 31.6 Å². The Hall–Kier alpha value is -2.85. The summed E-state index contributed by atoms with van der Waals surface area (Å²) in [5, 5.41) is 9.10. The summed E-state index contributed by atoms with van der Waals surface area (Å²) in [4.78, 5) is 1.84. The van der Waals surface area contributed by atoms with Crippen molar-refractivity contribution in [3.63, 3.8) is 0 Å². The normalized spacial score (nSPS) is 23.2. The van der Waals surface area contributed by atoms with Crippen LogP contribution < -0.4 is 10.2 Å². The van der Waals surface area contributed by atoms with Crippen LogP contribution in [0.25, 0.3) is 0 Å². The van der Waals surface area contributed by atoms with Crippen LogP contribution in [-0.2, 0) is 16.3 Å². The number of benzene rings is 2. The van der Waals surface area contributed by atoms with Gasteiger partial charge >= 0.3 is 0 Å². The third kappa shape index (κ3) is 4.95. The molecular weight excluding hydrogens is 472 g/mol.